The molecule has 0 unspecified atom stereocenters. The largest absolute Gasteiger partial charge is 0.308 e. The van der Waals surface area contributed by atoms with Crippen molar-refractivity contribution < 1.29 is 4.79 Å². The van der Waals surface area contributed by atoms with E-state index in [0.29, 0.717) is 12.2 Å². The maximum Gasteiger partial charge on any atom is 0.278 e. The molecule has 0 spiro atoms. The molecule has 27 heavy (non-hydrogen) atoms. The van der Waals surface area contributed by atoms with Crippen LogP contribution in [0.15, 0.2) is 18.3 Å². The Morgan fingerprint density at radius 1 is 1.15 bits per heavy atom. The lowest BCUT2D eigenvalue weighted by Crippen LogP contribution is -2.38. The molecule has 1 aromatic carbocycles. The zero-order valence-corrected chi connectivity index (χ0v) is 18.2. The Bertz CT molecular complexity index is 943. The van der Waals surface area contributed by atoms with Gasteiger partial charge in [0.15, 0.2) is 5.13 Å². The van der Waals surface area contributed by atoms with Crippen LogP contribution in [0.1, 0.15) is 27.2 Å². The van der Waals surface area contributed by atoms with E-state index in [1.165, 1.54) is 5.56 Å². The number of likely N-dealkylation sites (N-methyl/N-ethyl adjacent to an activating group) is 1. The first-order valence-corrected chi connectivity index (χ1v) is 9.42. The number of aryl methyl sites for hydroxylation is 4. The van der Waals surface area contributed by atoms with Gasteiger partial charge in [0.1, 0.15) is 5.69 Å². The number of thiazole rings is 1. The van der Waals surface area contributed by atoms with Gasteiger partial charge in [-0.2, -0.15) is 5.10 Å². The molecule has 6 nitrogen and oxygen atoms in total. The molecule has 2 aromatic heterocycles. The SMILES string of the molecule is Cc1cc(C)c2nc(N(CCN(C)C)C(=O)c3c(C)cnn3C)sc2c1.Cl. The van der Waals surface area contributed by atoms with Gasteiger partial charge in [-0.3, -0.25) is 14.4 Å². The molecule has 0 atom stereocenters. The monoisotopic (exact) mass is 407 g/mol. The second-order valence-electron chi connectivity index (χ2n) is 6.98. The van der Waals surface area contributed by atoms with Crippen molar-refractivity contribution in [3.05, 3.63) is 40.7 Å². The van der Waals surface area contributed by atoms with Gasteiger partial charge < -0.3 is 4.90 Å². The van der Waals surface area contributed by atoms with Gasteiger partial charge in [-0.1, -0.05) is 17.4 Å². The van der Waals surface area contributed by atoms with Crippen molar-refractivity contribution in [2.75, 3.05) is 32.1 Å². The molecular formula is C19H26ClN5OS. The maximum absolute atomic E-state index is 13.3. The first-order valence-electron chi connectivity index (χ1n) is 8.61. The van der Waals surface area contributed by atoms with Gasteiger partial charge in [0, 0.05) is 20.1 Å². The fraction of sp³-hybridized carbons (Fsp3) is 0.421. The van der Waals surface area contributed by atoms with Gasteiger partial charge in [0.05, 0.1) is 16.4 Å². The standard InChI is InChI=1S/C19H25N5OS.ClH/c1-12-9-13(2)16-15(10-12)26-19(21-16)24(8-7-22(4)5)18(25)17-14(3)11-20-23(17)6;/h9-11H,7-8H2,1-6H3;1H. The number of hydrogen-bond donors (Lipinski definition) is 0. The van der Waals surface area contributed by atoms with Crippen molar-refractivity contribution >= 4 is 45.0 Å². The van der Waals surface area contributed by atoms with Crippen LogP contribution in [-0.4, -0.2) is 52.8 Å². The molecule has 0 saturated heterocycles. The molecule has 3 rings (SSSR count). The minimum atomic E-state index is -0.0576. The number of amides is 1. The summed E-state index contributed by atoms with van der Waals surface area (Å²) in [7, 11) is 5.81. The van der Waals surface area contributed by atoms with Gasteiger partial charge in [-0.05, 0) is 57.6 Å². The van der Waals surface area contributed by atoms with Crippen LogP contribution in [0.4, 0.5) is 5.13 Å². The Kier molecular flexibility index (Phi) is 6.62. The number of hydrogen-bond acceptors (Lipinski definition) is 5. The molecule has 0 N–H and O–H groups in total. The van der Waals surface area contributed by atoms with E-state index in [1.807, 2.05) is 21.0 Å². The number of benzene rings is 1. The van der Waals surface area contributed by atoms with Crippen LogP contribution in [0, 0.1) is 20.8 Å². The van der Waals surface area contributed by atoms with Crippen molar-refractivity contribution in [1.29, 1.82) is 0 Å². The molecule has 0 aliphatic rings. The Hall–Kier alpha value is -1.96. The third-order valence-corrected chi connectivity index (χ3v) is 5.42. The lowest BCUT2D eigenvalue weighted by Gasteiger charge is -2.22. The number of aromatic nitrogens is 3. The van der Waals surface area contributed by atoms with E-state index >= 15 is 0 Å². The summed E-state index contributed by atoms with van der Waals surface area (Å²) in [5, 5.41) is 4.96. The van der Waals surface area contributed by atoms with Gasteiger partial charge in [0.25, 0.3) is 5.91 Å². The number of anilines is 1. The molecule has 0 aliphatic heterocycles. The topological polar surface area (TPSA) is 54.3 Å². The van der Waals surface area contributed by atoms with Crippen LogP contribution < -0.4 is 4.90 Å². The average Bonchev–Trinajstić information content (AvgIpc) is 3.10. The molecule has 3 aromatic rings. The number of carbonyl (C=O) groups is 1. The van der Waals surface area contributed by atoms with E-state index in [2.05, 4.69) is 36.0 Å². The predicted octanol–water partition coefficient (Wildman–Crippen LogP) is 3.59. The fourth-order valence-corrected chi connectivity index (χ4v) is 4.21. The van der Waals surface area contributed by atoms with Crippen molar-refractivity contribution in [2.24, 2.45) is 7.05 Å². The molecule has 0 saturated carbocycles. The Balaban J connectivity index is 0.00000261. The zero-order chi connectivity index (χ0) is 19.0. The first-order chi connectivity index (χ1) is 12.3. The zero-order valence-electron chi connectivity index (χ0n) is 16.6. The highest BCUT2D eigenvalue weighted by atomic mass is 35.5. The summed E-state index contributed by atoms with van der Waals surface area (Å²) >= 11 is 1.57. The third-order valence-electron chi connectivity index (χ3n) is 4.39. The van der Waals surface area contributed by atoms with Gasteiger partial charge in [-0.15, -0.1) is 12.4 Å². The fourth-order valence-electron chi connectivity index (χ4n) is 3.04. The Labute approximate surface area is 170 Å². The summed E-state index contributed by atoms with van der Waals surface area (Å²) in [6, 6.07) is 4.26. The van der Waals surface area contributed by atoms with E-state index in [-0.39, 0.29) is 18.3 Å². The highest BCUT2D eigenvalue weighted by Gasteiger charge is 2.25. The van der Waals surface area contributed by atoms with Crippen molar-refractivity contribution in [3.8, 4) is 0 Å². The number of carbonyl (C=O) groups excluding carboxylic acids is 1. The van der Waals surface area contributed by atoms with Crippen LogP contribution in [0.5, 0.6) is 0 Å². The molecule has 2 heterocycles. The number of nitrogens with zero attached hydrogens (tertiary/aromatic N) is 5. The summed E-state index contributed by atoms with van der Waals surface area (Å²) in [5.41, 5.74) is 4.80. The quantitative estimate of drug-likeness (QED) is 0.648. The van der Waals surface area contributed by atoms with Crippen LogP contribution in [0.2, 0.25) is 0 Å². The normalized spacial score (nSPS) is 11.1. The molecule has 0 aliphatic carbocycles. The molecule has 8 heteroatoms. The van der Waals surface area contributed by atoms with Crippen LogP contribution in [0.25, 0.3) is 10.2 Å². The summed E-state index contributed by atoms with van der Waals surface area (Å²) in [6.07, 6.45) is 1.73. The second kappa shape index (κ2) is 8.37. The molecular weight excluding hydrogens is 382 g/mol. The summed E-state index contributed by atoms with van der Waals surface area (Å²) < 4.78 is 2.75. The lowest BCUT2D eigenvalue weighted by molar-refractivity contribution is 0.0975. The smallest absolute Gasteiger partial charge is 0.278 e. The van der Waals surface area contributed by atoms with E-state index in [0.717, 1.165) is 33.0 Å². The molecule has 0 radical (unpaired) electrons. The third kappa shape index (κ3) is 4.31. The van der Waals surface area contributed by atoms with Gasteiger partial charge in [0.2, 0.25) is 0 Å². The molecule has 0 bridgehead atoms. The highest BCUT2D eigenvalue weighted by Crippen LogP contribution is 2.32. The average molecular weight is 408 g/mol. The number of rotatable bonds is 5. The van der Waals surface area contributed by atoms with E-state index < -0.39 is 0 Å². The maximum atomic E-state index is 13.3. The highest BCUT2D eigenvalue weighted by molar-refractivity contribution is 7.22. The lowest BCUT2D eigenvalue weighted by atomic mass is 10.1. The van der Waals surface area contributed by atoms with Gasteiger partial charge in [-0.25, -0.2) is 4.98 Å². The minimum Gasteiger partial charge on any atom is -0.308 e. The first kappa shape index (κ1) is 21.3. The van der Waals surface area contributed by atoms with E-state index in [9.17, 15) is 4.79 Å². The van der Waals surface area contributed by atoms with Crippen LogP contribution in [-0.2, 0) is 7.05 Å². The number of fused-ring (bicyclic) bond motifs is 1. The summed E-state index contributed by atoms with van der Waals surface area (Å²) in [6.45, 7) is 7.40. The van der Waals surface area contributed by atoms with Gasteiger partial charge >= 0.3 is 0 Å². The van der Waals surface area contributed by atoms with Crippen molar-refractivity contribution in [1.82, 2.24) is 19.7 Å². The summed E-state index contributed by atoms with van der Waals surface area (Å²) in [5.74, 6) is -0.0576. The Morgan fingerprint density at radius 3 is 2.44 bits per heavy atom. The van der Waals surface area contributed by atoms with E-state index in [4.69, 9.17) is 4.98 Å². The second-order valence-corrected chi connectivity index (χ2v) is 7.99. The van der Waals surface area contributed by atoms with Crippen molar-refractivity contribution in [2.45, 2.75) is 20.8 Å². The van der Waals surface area contributed by atoms with Crippen molar-refractivity contribution in [3.63, 3.8) is 0 Å². The van der Waals surface area contributed by atoms with Crippen LogP contribution >= 0.6 is 23.7 Å². The Morgan fingerprint density at radius 2 is 1.85 bits per heavy atom. The molecule has 0 fully saturated rings. The minimum absolute atomic E-state index is 0. The predicted molar refractivity (Wildman–Crippen MR) is 115 cm³/mol. The molecule has 1 amide bonds. The number of halogens is 1. The molecule has 146 valence electrons. The van der Waals surface area contributed by atoms with E-state index in [1.54, 1.807) is 34.2 Å². The summed E-state index contributed by atoms with van der Waals surface area (Å²) in [4.78, 5) is 21.9. The van der Waals surface area contributed by atoms with Crippen LogP contribution in [0.3, 0.4) is 0 Å².